The lowest BCUT2D eigenvalue weighted by atomic mass is 9.44. The summed E-state index contributed by atoms with van der Waals surface area (Å²) in [6.45, 7) is 18.8. The Kier molecular flexibility index (Phi) is 7.24. The van der Waals surface area contributed by atoms with Crippen molar-refractivity contribution < 1.29 is 23.7 Å². The molecular weight excluding hydrogens is 516 g/mol. The van der Waals surface area contributed by atoms with Gasteiger partial charge in [0, 0.05) is 6.42 Å². The quantitative estimate of drug-likeness (QED) is 0.372. The van der Waals surface area contributed by atoms with Crippen molar-refractivity contribution in [1.82, 2.24) is 0 Å². The Morgan fingerprint density at radius 3 is 2.35 bits per heavy atom. The van der Waals surface area contributed by atoms with Gasteiger partial charge in [-0.05, 0) is 92.3 Å². The van der Waals surface area contributed by atoms with Gasteiger partial charge in [-0.25, -0.2) is 0 Å². The van der Waals surface area contributed by atoms with Crippen LogP contribution in [-0.2, 0) is 25.2 Å². The van der Waals surface area contributed by atoms with Crippen LogP contribution in [0.3, 0.4) is 0 Å². The van der Waals surface area contributed by atoms with E-state index in [9.17, 15) is 5.11 Å². The average Bonchev–Trinajstić information content (AvgIpc) is 3.37. The minimum Gasteiger partial charge on any atom is -0.411 e. The molecule has 4 aliphatic carbocycles. The molecule has 224 valence electrons. The zero-order valence-corrected chi connectivity index (χ0v) is 27.2. The molecule has 10 atom stereocenters. The predicted molar refractivity (Wildman–Crippen MR) is 160 cm³/mol. The molecule has 0 radical (unpaired) electrons. The molecule has 0 spiro atoms. The normalized spacial score (nSPS) is 44.4. The van der Waals surface area contributed by atoms with E-state index < -0.39 is 19.7 Å². The van der Waals surface area contributed by atoms with Gasteiger partial charge >= 0.3 is 0 Å². The summed E-state index contributed by atoms with van der Waals surface area (Å²) in [5.41, 5.74) is 0.375. The van der Waals surface area contributed by atoms with Gasteiger partial charge in [0.1, 0.15) is 0 Å². The predicted octanol–water partition coefficient (Wildman–Crippen LogP) is 7.47. The summed E-state index contributed by atoms with van der Waals surface area (Å²) in [5.74, 6) is 0.516. The minimum atomic E-state index is -2.08. The molecule has 6 rings (SSSR count). The van der Waals surface area contributed by atoms with Crippen LogP contribution < -0.4 is 0 Å². The summed E-state index contributed by atoms with van der Waals surface area (Å²) < 4.78 is 27.7. The van der Waals surface area contributed by atoms with Crippen LogP contribution in [0.15, 0.2) is 30.3 Å². The van der Waals surface area contributed by atoms with Crippen LogP contribution in [0.25, 0.3) is 0 Å². The lowest BCUT2D eigenvalue weighted by Crippen LogP contribution is -2.69. The molecule has 5 unspecified atom stereocenters. The van der Waals surface area contributed by atoms with E-state index in [1.807, 2.05) is 0 Å². The van der Waals surface area contributed by atoms with Crippen LogP contribution in [0.2, 0.25) is 18.1 Å². The second kappa shape index (κ2) is 9.88. The molecule has 5 aliphatic rings. The molecule has 0 bridgehead atoms. The Hall–Kier alpha value is -0.763. The zero-order valence-electron chi connectivity index (χ0n) is 26.2. The van der Waals surface area contributed by atoms with E-state index in [2.05, 4.69) is 85.0 Å². The summed E-state index contributed by atoms with van der Waals surface area (Å²) in [5, 5.41) is 12.9. The van der Waals surface area contributed by atoms with Gasteiger partial charge in [-0.3, -0.25) is 0 Å². The summed E-state index contributed by atoms with van der Waals surface area (Å²) in [6.07, 6.45) is 7.31. The molecule has 1 N–H and O–H groups in total. The smallest absolute Gasteiger partial charge is 0.192 e. The Balaban J connectivity index is 1.41. The zero-order chi connectivity index (χ0) is 28.7. The monoisotopic (exact) mass is 570 g/mol. The summed E-state index contributed by atoms with van der Waals surface area (Å²) in [7, 11) is -2.08. The van der Waals surface area contributed by atoms with Crippen LogP contribution in [0, 0.1) is 29.1 Å². The summed E-state index contributed by atoms with van der Waals surface area (Å²) >= 11 is 0. The fourth-order valence-corrected chi connectivity index (χ4v) is 10.9. The van der Waals surface area contributed by atoms with Crippen LogP contribution in [0.5, 0.6) is 0 Å². The van der Waals surface area contributed by atoms with Crippen molar-refractivity contribution in [2.24, 2.45) is 29.1 Å². The molecule has 40 heavy (non-hydrogen) atoms. The molecule has 1 heterocycles. The maximum Gasteiger partial charge on any atom is 0.192 e. The van der Waals surface area contributed by atoms with E-state index in [-0.39, 0.29) is 46.7 Å². The molecule has 4 saturated carbocycles. The van der Waals surface area contributed by atoms with Gasteiger partial charge in [0.15, 0.2) is 14.1 Å². The van der Waals surface area contributed by atoms with Crippen molar-refractivity contribution in [3.63, 3.8) is 0 Å². The van der Waals surface area contributed by atoms with Crippen molar-refractivity contribution in [3.8, 4) is 0 Å². The first-order valence-corrected chi connectivity index (χ1v) is 19.0. The third-order valence-corrected chi connectivity index (χ3v) is 16.8. The van der Waals surface area contributed by atoms with Crippen molar-refractivity contribution in [2.75, 3.05) is 0 Å². The Morgan fingerprint density at radius 1 is 0.950 bits per heavy atom. The van der Waals surface area contributed by atoms with E-state index in [1.165, 1.54) is 31.2 Å². The molecule has 1 aromatic carbocycles. The van der Waals surface area contributed by atoms with E-state index >= 15 is 0 Å². The molecule has 6 heteroatoms. The standard InChI is InChI=1S/C34H54O5Si/c1-31(2,3)40(7,8)39-26-18-17-23-27-28(25(20-34(23,26)35)36-21-22-14-10-9-11-15-22)33(6)19-13-12-16-24(33)29-30(27)38-32(4,5)37-29/h9-11,14-15,23-30,35H,12-13,16-21H2,1-8H3/t23?,24?,25?,26-,27?,28?,29+,30+,33-,34+/m0/s1. The summed E-state index contributed by atoms with van der Waals surface area (Å²) in [4.78, 5) is 0. The van der Waals surface area contributed by atoms with Crippen molar-refractivity contribution in [2.45, 2.75) is 147 Å². The Morgan fingerprint density at radius 2 is 1.65 bits per heavy atom. The van der Waals surface area contributed by atoms with Crippen molar-refractivity contribution in [1.29, 1.82) is 0 Å². The van der Waals surface area contributed by atoms with E-state index in [1.54, 1.807) is 0 Å². The van der Waals surface area contributed by atoms with Gasteiger partial charge in [0.05, 0.1) is 36.6 Å². The van der Waals surface area contributed by atoms with Crippen LogP contribution in [0.1, 0.15) is 92.1 Å². The lowest BCUT2D eigenvalue weighted by Gasteiger charge is -2.64. The van der Waals surface area contributed by atoms with Gasteiger partial charge in [-0.2, -0.15) is 0 Å². The highest BCUT2D eigenvalue weighted by atomic mass is 28.4. The van der Waals surface area contributed by atoms with Gasteiger partial charge in [-0.15, -0.1) is 0 Å². The van der Waals surface area contributed by atoms with Crippen molar-refractivity contribution >= 4 is 8.32 Å². The van der Waals surface area contributed by atoms with E-state index in [4.69, 9.17) is 18.6 Å². The number of ether oxygens (including phenoxy) is 3. The van der Waals surface area contributed by atoms with Crippen LogP contribution in [-0.4, -0.2) is 49.2 Å². The molecule has 0 aromatic heterocycles. The topological polar surface area (TPSA) is 57.2 Å². The van der Waals surface area contributed by atoms with E-state index in [0.29, 0.717) is 24.9 Å². The first-order chi connectivity index (χ1) is 18.7. The molecule has 5 nitrogen and oxygen atoms in total. The lowest BCUT2D eigenvalue weighted by molar-refractivity contribution is -0.252. The van der Waals surface area contributed by atoms with Crippen LogP contribution in [0.4, 0.5) is 0 Å². The highest BCUT2D eigenvalue weighted by molar-refractivity contribution is 6.74. The molecule has 0 amide bonds. The third kappa shape index (κ3) is 4.68. The van der Waals surface area contributed by atoms with Gasteiger partial charge in [-0.1, -0.05) is 70.9 Å². The maximum absolute atomic E-state index is 12.9. The number of aliphatic hydroxyl groups is 1. The second-order valence-corrected chi connectivity index (χ2v) is 20.9. The number of fused-ring (bicyclic) bond motifs is 8. The van der Waals surface area contributed by atoms with E-state index in [0.717, 1.165) is 12.8 Å². The number of hydrogen-bond donors (Lipinski definition) is 1. The number of benzene rings is 1. The first kappa shape index (κ1) is 29.3. The Bertz CT molecular complexity index is 1070. The number of hydrogen-bond acceptors (Lipinski definition) is 5. The largest absolute Gasteiger partial charge is 0.411 e. The first-order valence-electron chi connectivity index (χ1n) is 16.1. The molecular formula is C34H54O5Si. The van der Waals surface area contributed by atoms with Crippen LogP contribution >= 0.6 is 0 Å². The molecule has 1 saturated heterocycles. The highest BCUT2D eigenvalue weighted by Gasteiger charge is 2.71. The third-order valence-electron chi connectivity index (χ3n) is 12.3. The van der Waals surface area contributed by atoms with Gasteiger partial charge in [0.25, 0.3) is 0 Å². The minimum absolute atomic E-state index is 0.0116. The number of rotatable bonds is 5. The van der Waals surface area contributed by atoms with Gasteiger partial charge < -0.3 is 23.7 Å². The SMILES string of the molecule is CC1(C)O[C@@H]2C3C(C(OCc4ccccc4)C[C@@]4(O)C3CC[C@@H]4O[Si](C)(C)C(C)(C)C)[C@@]3(C)CCCCC3[C@H]2O1. The molecule has 5 fully saturated rings. The maximum atomic E-state index is 12.9. The van der Waals surface area contributed by atoms with Crippen molar-refractivity contribution in [3.05, 3.63) is 35.9 Å². The Labute approximate surface area is 243 Å². The second-order valence-electron chi connectivity index (χ2n) is 16.1. The summed E-state index contributed by atoms with van der Waals surface area (Å²) in [6, 6.07) is 10.5. The molecule has 1 aliphatic heterocycles. The van der Waals surface area contributed by atoms with Gasteiger partial charge in [0.2, 0.25) is 0 Å². The fraction of sp³-hybridized carbons (Fsp3) is 0.824. The fourth-order valence-electron chi connectivity index (χ4n) is 9.52. The average molecular weight is 571 g/mol. The highest BCUT2D eigenvalue weighted by Crippen LogP contribution is 2.67. The molecule has 1 aromatic rings.